The first-order valence-electron chi connectivity index (χ1n) is 6.34. The number of benzene rings is 1. The molecule has 0 aliphatic carbocycles. The van der Waals surface area contributed by atoms with E-state index >= 15 is 0 Å². The van der Waals surface area contributed by atoms with E-state index < -0.39 is 5.82 Å². The number of aryl methyl sites for hydroxylation is 1. The summed E-state index contributed by atoms with van der Waals surface area (Å²) in [5.41, 5.74) is 8.38. The van der Waals surface area contributed by atoms with Gasteiger partial charge in [0.15, 0.2) is 0 Å². The van der Waals surface area contributed by atoms with Crippen LogP contribution in [0.3, 0.4) is 0 Å². The fourth-order valence-electron chi connectivity index (χ4n) is 2.12. The standard InChI is InChI=1S/C15H13FN2OS2/c1-8-6-20-7-9(8)5-18-15(19)14-13(17)12-10(16)3-2-4-11(12)21-14/h2-4,6-7H,5,17H2,1H3,(H,18,19). The van der Waals surface area contributed by atoms with Gasteiger partial charge >= 0.3 is 0 Å². The lowest BCUT2D eigenvalue weighted by atomic mass is 10.2. The van der Waals surface area contributed by atoms with Crippen LogP contribution in [-0.2, 0) is 6.54 Å². The minimum absolute atomic E-state index is 0.215. The van der Waals surface area contributed by atoms with Crippen molar-refractivity contribution in [1.29, 1.82) is 0 Å². The van der Waals surface area contributed by atoms with Gasteiger partial charge in [-0.05, 0) is 40.9 Å². The first kappa shape index (κ1) is 14.0. The normalized spacial score (nSPS) is 11.0. The Kier molecular flexibility index (Phi) is 3.65. The molecule has 0 spiro atoms. The van der Waals surface area contributed by atoms with Gasteiger partial charge in [-0.3, -0.25) is 4.79 Å². The molecule has 21 heavy (non-hydrogen) atoms. The predicted octanol–water partition coefficient (Wildman–Crippen LogP) is 3.92. The Balaban J connectivity index is 1.87. The zero-order valence-electron chi connectivity index (χ0n) is 11.3. The Bertz CT molecular complexity index is 822. The van der Waals surface area contributed by atoms with Crippen molar-refractivity contribution in [3.05, 3.63) is 50.8 Å². The monoisotopic (exact) mass is 320 g/mol. The number of hydrogen-bond acceptors (Lipinski definition) is 4. The molecule has 0 bridgehead atoms. The number of nitrogens with one attached hydrogen (secondary N) is 1. The van der Waals surface area contributed by atoms with E-state index in [4.69, 9.17) is 5.73 Å². The summed E-state index contributed by atoms with van der Waals surface area (Å²) >= 11 is 2.81. The largest absolute Gasteiger partial charge is 0.397 e. The second-order valence-electron chi connectivity index (χ2n) is 4.72. The van der Waals surface area contributed by atoms with Crippen molar-refractivity contribution in [2.45, 2.75) is 13.5 Å². The molecule has 0 fully saturated rings. The molecule has 0 aliphatic rings. The van der Waals surface area contributed by atoms with E-state index in [-0.39, 0.29) is 11.6 Å². The molecule has 6 heteroatoms. The van der Waals surface area contributed by atoms with E-state index in [2.05, 4.69) is 5.32 Å². The van der Waals surface area contributed by atoms with Gasteiger partial charge in [-0.1, -0.05) is 6.07 Å². The summed E-state index contributed by atoms with van der Waals surface area (Å²) < 4.78 is 14.5. The highest BCUT2D eigenvalue weighted by Gasteiger charge is 2.18. The first-order chi connectivity index (χ1) is 10.1. The lowest BCUT2D eigenvalue weighted by Gasteiger charge is -2.04. The molecule has 0 aliphatic heterocycles. The van der Waals surface area contributed by atoms with Crippen LogP contribution in [0, 0.1) is 12.7 Å². The van der Waals surface area contributed by atoms with Gasteiger partial charge in [0.1, 0.15) is 10.7 Å². The molecule has 2 heterocycles. The Morgan fingerprint density at radius 1 is 1.38 bits per heavy atom. The first-order valence-corrected chi connectivity index (χ1v) is 8.10. The minimum atomic E-state index is -0.394. The molecule has 3 rings (SSSR count). The summed E-state index contributed by atoms with van der Waals surface area (Å²) in [5, 5.41) is 7.21. The summed E-state index contributed by atoms with van der Waals surface area (Å²) in [7, 11) is 0. The van der Waals surface area contributed by atoms with Crippen LogP contribution in [0.15, 0.2) is 29.0 Å². The number of nitrogen functional groups attached to an aromatic ring is 1. The second-order valence-corrected chi connectivity index (χ2v) is 6.52. The number of carbonyl (C=O) groups excluding carboxylic acids is 1. The summed E-state index contributed by atoms with van der Waals surface area (Å²) in [4.78, 5) is 12.6. The van der Waals surface area contributed by atoms with Crippen molar-refractivity contribution in [1.82, 2.24) is 5.32 Å². The second kappa shape index (κ2) is 5.46. The number of fused-ring (bicyclic) bond motifs is 1. The smallest absolute Gasteiger partial charge is 0.263 e. The average Bonchev–Trinajstić information content (AvgIpc) is 3.01. The number of nitrogens with two attached hydrogens (primary N) is 1. The van der Waals surface area contributed by atoms with Crippen molar-refractivity contribution in [3.63, 3.8) is 0 Å². The molecule has 3 N–H and O–H groups in total. The number of rotatable bonds is 3. The van der Waals surface area contributed by atoms with E-state index in [1.54, 1.807) is 23.5 Å². The minimum Gasteiger partial charge on any atom is -0.397 e. The quantitative estimate of drug-likeness (QED) is 0.768. The molecule has 108 valence electrons. The van der Waals surface area contributed by atoms with Gasteiger partial charge in [-0.25, -0.2) is 4.39 Å². The van der Waals surface area contributed by atoms with Crippen LogP contribution in [0.5, 0.6) is 0 Å². The van der Waals surface area contributed by atoms with Gasteiger partial charge < -0.3 is 11.1 Å². The maximum atomic E-state index is 13.8. The molecule has 0 atom stereocenters. The fraction of sp³-hybridized carbons (Fsp3) is 0.133. The van der Waals surface area contributed by atoms with Crippen molar-refractivity contribution < 1.29 is 9.18 Å². The van der Waals surface area contributed by atoms with Crippen molar-refractivity contribution in [3.8, 4) is 0 Å². The number of hydrogen-bond donors (Lipinski definition) is 2. The molecule has 3 nitrogen and oxygen atoms in total. The van der Waals surface area contributed by atoms with Crippen LogP contribution >= 0.6 is 22.7 Å². The van der Waals surface area contributed by atoms with Crippen LogP contribution in [0.1, 0.15) is 20.8 Å². The van der Waals surface area contributed by atoms with Gasteiger partial charge in [-0.15, -0.1) is 11.3 Å². The van der Waals surface area contributed by atoms with E-state index in [9.17, 15) is 9.18 Å². The molecule has 2 aromatic heterocycles. The molecule has 1 amide bonds. The molecule has 0 unspecified atom stereocenters. The summed E-state index contributed by atoms with van der Waals surface area (Å²) in [6.07, 6.45) is 0. The lowest BCUT2D eigenvalue weighted by molar-refractivity contribution is 0.0956. The molecular weight excluding hydrogens is 307 g/mol. The van der Waals surface area contributed by atoms with E-state index in [0.29, 0.717) is 21.5 Å². The maximum Gasteiger partial charge on any atom is 0.263 e. The third-order valence-electron chi connectivity index (χ3n) is 3.31. The maximum absolute atomic E-state index is 13.8. The Hall–Kier alpha value is -1.92. The van der Waals surface area contributed by atoms with Gasteiger partial charge in [0.05, 0.1) is 11.1 Å². The Labute approximate surface area is 129 Å². The van der Waals surface area contributed by atoms with Crippen molar-refractivity contribution in [2.75, 3.05) is 5.73 Å². The highest BCUT2D eigenvalue weighted by molar-refractivity contribution is 7.21. The fourth-order valence-corrected chi connectivity index (χ4v) is 4.03. The third kappa shape index (κ3) is 2.52. The molecule has 1 aromatic carbocycles. The SMILES string of the molecule is Cc1cscc1CNC(=O)c1sc2cccc(F)c2c1N. The molecular formula is C15H13FN2OS2. The van der Waals surface area contributed by atoms with E-state index in [0.717, 1.165) is 11.1 Å². The molecule has 0 saturated carbocycles. The highest BCUT2D eigenvalue weighted by atomic mass is 32.1. The zero-order valence-corrected chi connectivity index (χ0v) is 12.9. The van der Waals surface area contributed by atoms with Crippen LogP contribution in [0.2, 0.25) is 0 Å². The van der Waals surface area contributed by atoms with Gasteiger partial charge in [0, 0.05) is 11.2 Å². The summed E-state index contributed by atoms with van der Waals surface area (Å²) in [6, 6.07) is 4.73. The molecule has 0 saturated heterocycles. The summed E-state index contributed by atoms with van der Waals surface area (Å²) in [5.74, 6) is -0.660. The zero-order chi connectivity index (χ0) is 15.0. The predicted molar refractivity (Wildman–Crippen MR) is 86.4 cm³/mol. The number of amides is 1. The number of halogens is 1. The third-order valence-corrected chi connectivity index (χ3v) is 5.39. The van der Waals surface area contributed by atoms with Gasteiger partial charge in [0.2, 0.25) is 0 Å². The van der Waals surface area contributed by atoms with Gasteiger partial charge in [0.25, 0.3) is 5.91 Å². The lowest BCUT2D eigenvalue weighted by Crippen LogP contribution is -2.22. The van der Waals surface area contributed by atoms with Crippen molar-refractivity contribution in [2.24, 2.45) is 0 Å². The Morgan fingerprint density at radius 3 is 2.86 bits per heavy atom. The summed E-state index contributed by atoms with van der Waals surface area (Å²) in [6.45, 7) is 2.45. The number of anilines is 1. The average molecular weight is 320 g/mol. The van der Waals surface area contributed by atoms with Crippen LogP contribution in [0.4, 0.5) is 10.1 Å². The number of carbonyl (C=O) groups is 1. The molecule has 3 aromatic rings. The van der Waals surface area contributed by atoms with Crippen LogP contribution < -0.4 is 11.1 Å². The number of thiophene rings is 2. The Morgan fingerprint density at radius 2 is 2.19 bits per heavy atom. The molecule has 0 radical (unpaired) electrons. The van der Waals surface area contributed by atoms with E-state index in [1.165, 1.54) is 17.4 Å². The van der Waals surface area contributed by atoms with Crippen LogP contribution in [-0.4, -0.2) is 5.91 Å². The van der Waals surface area contributed by atoms with Crippen LogP contribution in [0.25, 0.3) is 10.1 Å². The van der Waals surface area contributed by atoms with E-state index in [1.807, 2.05) is 17.7 Å². The van der Waals surface area contributed by atoms with Gasteiger partial charge in [-0.2, -0.15) is 11.3 Å². The van der Waals surface area contributed by atoms with Crippen molar-refractivity contribution >= 4 is 44.4 Å². The highest BCUT2D eigenvalue weighted by Crippen LogP contribution is 2.35. The topological polar surface area (TPSA) is 55.1 Å².